The molecule has 0 aromatic heterocycles. The van der Waals surface area contributed by atoms with E-state index in [4.69, 9.17) is 0 Å². The lowest BCUT2D eigenvalue weighted by Crippen LogP contribution is -2.15. The second kappa shape index (κ2) is 5.39. The van der Waals surface area contributed by atoms with E-state index in [2.05, 4.69) is 17.1 Å². The number of rotatable bonds is 4. The van der Waals surface area contributed by atoms with E-state index in [1.54, 1.807) is 0 Å². The van der Waals surface area contributed by atoms with Gasteiger partial charge in [0.15, 0.2) is 0 Å². The molecule has 1 aromatic rings. The molecule has 0 atom stereocenters. The molecular formula is C12H18N2O. The molecule has 0 bridgehead atoms. The number of nitrogens with zero attached hydrogens (tertiary/aromatic N) is 1. The predicted molar refractivity (Wildman–Crippen MR) is 64.3 cm³/mol. The zero-order valence-corrected chi connectivity index (χ0v) is 9.58. The maximum atomic E-state index is 11.1. The quantitative estimate of drug-likeness (QED) is 0.820. The summed E-state index contributed by atoms with van der Waals surface area (Å²) < 4.78 is 0. The summed E-state index contributed by atoms with van der Waals surface area (Å²) in [5.41, 5.74) is 2.02. The minimum atomic E-state index is 0.0478. The van der Waals surface area contributed by atoms with Crippen molar-refractivity contribution >= 4 is 17.3 Å². The van der Waals surface area contributed by atoms with Crippen LogP contribution < -0.4 is 10.2 Å². The van der Waals surface area contributed by atoms with Crippen molar-refractivity contribution in [3.8, 4) is 0 Å². The summed E-state index contributed by atoms with van der Waals surface area (Å²) in [6.45, 7) is 4.92. The number of nitrogens with one attached hydrogen (secondary N) is 1. The Kier molecular flexibility index (Phi) is 4.16. The van der Waals surface area contributed by atoms with Gasteiger partial charge in [0, 0.05) is 31.4 Å². The van der Waals surface area contributed by atoms with E-state index in [9.17, 15) is 4.79 Å². The molecule has 0 unspecified atom stereocenters. The van der Waals surface area contributed by atoms with Gasteiger partial charge in [-0.3, -0.25) is 4.79 Å². The van der Waals surface area contributed by atoms with E-state index in [-0.39, 0.29) is 5.91 Å². The minimum Gasteiger partial charge on any atom is -0.375 e. The summed E-state index contributed by atoms with van der Waals surface area (Å²) in [4.78, 5) is 13.3. The lowest BCUT2D eigenvalue weighted by atomic mass is 10.2. The molecule has 1 aromatic carbocycles. The van der Waals surface area contributed by atoms with E-state index >= 15 is 0 Å². The van der Waals surface area contributed by atoms with Crippen LogP contribution in [0.25, 0.3) is 0 Å². The van der Waals surface area contributed by atoms with Crippen LogP contribution in [0.4, 0.5) is 11.4 Å². The summed E-state index contributed by atoms with van der Waals surface area (Å²) in [7, 11) is 2.04. The third-order valence-corrected chi connectivity index (χ3v) is 2.39. The van der Waals surface area contributed by atoms with E-state index in [0.717, 1.165) is 17.9 Å². The van der Waals surface area contributed by atoms with Gasteiger partial charge in [0.25, 0.3) is 0 Å². The van der Waals surface area contributed by atoms with E-state index < -0.39 is 0 Å². The monoisotopic (exact) mass is 206 g/mol. The summed E-state index contributed by atoms with van der Waals surface area (Å²) in [5.74, 6) is 0.0478. The summed E-state index contributed by atoms with van der Waals surface area (Å²) in [5, 5.41) is 2.82. The SMILES string of the molecule is CCC(=O)Nc1ccc(N(C)CC)cc1. The third-order valence-electron chi connectivity index (χ3n) is 2.39. The van der Waals surface area contributed by atoms with Gasteiger partial charge < -0.3 is 10.2 Å². The maximum Gasteiger partial charge on any atom is 0.224 e. The van der Waals surface area contributed by atoms with Crippen LogP contribution in [-0.2, 0) is 4.79 Å². The largest absolute Gasteiger partial charge is 0.375 e. The summed E-state index contributed by atoms with van der Waals surface area (Å²) >= 11 is 0. The Hall–Kier alpha value is -1.51. The van der Waals surface area contributed by atoms with Crippen LogP contribution >= 0.6 is 0 Å². The van der Waals surface area contributed by atoms with Gasteiger partial charge in [0.1, 0.15) is 0 Å². The van der Waals surface area contributed by atoms with Crippen LogP contribution in [0.3, 0.4) is 0 Å². The second-order valence-electron chi connectivity index (χ2n) is 3.46. The predicted octanol–water partition coefficient (Wildman–Crippen LogP) is 2.49. The van der Waals surface area contributed by atoms with Crippen LogP contribution in [0.5, 0.6) is 0 Å². The zero-order valence-electron chi connectivity index (χ0n) is 9.58. The highest BCUT2D eigenvalue weighted by atomic mass is 16.1. The van der Waals surface area contributed by atoms with Gasteiger partial charge in [-0.2, -0.15) is 0 Å². The number of carbonyl (C=O) groups is 1. The van der Waals surface area contributed by atoms with E-state index in [1.165, 1.54) is 0 Å². The lowest BCUT2D eigenvalue weighted by Gasteiger charge is -2.16. The third kappa shape index (κ3) is 3.27. The van der Waals surface area contributed by atoms with E-state index in [1.807, 2.05) is 38.2 Å². The van der Waals surface area contributed by atoms with Gasteiger partial charge in [-0.1, -0.05) is 6.92 Å². The topological polar surface area (TPSA) is 32.3 Å². The fourth-order valence-electron chi connectivity index (χ4n) is 1.23. The second-order valence-corrected chi connectivity index (χ2v) is 3.46. The molecule has 0 aliphatic carbocycles. The first-order chi connectivity index (χ1) is 7.17. The Labute approximate surface area is 91.1 Å². The van der Waals surface area contributed by atoms with Crippen LogP contribution in [0.15, 0.2) is 24.3 Å². The van der Waals surface area contributed by atoms with Gasteiger partial charge in [-0.25, -0.2) is 0 Å². The van der Waals surface area contributed by atoms with Crippen LogP contribution in [-0.4, -0.2) is 19.5 Å². The fourth-order valence-corrected chi connectivity index (χ4v) is 1.23. The molecule has 0 radical (unpaired) electrons. The number of hydrogen-bond acceptors (Lipinski definition) is 2. The lowest BCUT2D eigenvalue weighted by molar-refractivity contribution is -0.115. The molecule has 0 fully saturated rings. The molecule has 0 aliphatic rings. The molecule has 3 nitrogen and oxygen atoms in total. The van der Waals surface area contributed by atoms with Crippen molar-refractivity contribution in [1.82, 2.24) is 0 Å². The number of hydrogen-bond donors (Lipinski definition) is 1. The molecule has 0 saturated heterocycles. The zero-order chi connectivity index (χ0) is 11.3. The smallest absolute Gasteiger partial charge is 0.224 e. The number of benzene rings is 1. The van der Waals surface area contributed by atoms with Crippen molar-refractivity contribution < 1.29 is 4.79 Å². The number of amides is 1. The molecule has 3 heteroatoms. The molecule has 0 heterocycles. The fraction of sp³-hybridized carbons (Fsp3) is 0.417. The van der Waals surface area contributed by atoms with Crippen molar-refractivity contribution in [2.24, 2.45) is 0 Å². The summed E-state index contributed by atoms with van der Waals surface area (Å²) in [6, 6.07) is 7.87. The number of carbonyl (C=O) groups excluding carboxylic acids is 1. The van der Waals surface area contributed by atoms with Crippen molar-refractivity contribution in [2.45, 2.75) is 20.3 Å². The van der Waals surface area contributed by atoms with Gasteiger partial charge in [0.05, 0.1) is 0 Å². The Morgan fingerprint density at radius 2 is 1.87 bits per heavy atom. The van der Waals surface area contributed by atoms with Crippen LogP contribution in [0.2, 0.25) is 0 Å². The van der Waals surface area contributed by atoms with Crippen molar-refractivity contribution in [3.63, 3.8) is 0 Å². The molecule has 1 rings (SSSR count). The summed E-state index contributed by atoms with van der Waals surface area (Å²) in [6.07, 6.45) is 0.511. The molecule has 0 spiro atoms. The van der Waals surface area contributed by atoms with Crippen molar-refractivity contribution in [1.29, 1.82) is 0 Å². The highest BCUT2D eigenvalue weighted by molar-refractivity contribution is 5.90. The van der Waals surface area contributed by atoms with Crippen molar-refractivity contribution in [2.75, 3.05) is 23.8 Å². The van der Waals surface area contributed by atoms with Gasteiger partial charge in [0.2, 0.25) is 5.91 Å². The average molecular weight is 206 g/mol. The Balaban J connectivity index is 2.68. The van der Waals surface area contributed by atoms with Crippen LogP contribution in [0.1, 0.15) is 20.3 Å². The Bertz CT molecular complexity index is 319. The van der Waals surface area contributed by atoms with Crippen LogP contribution in [0, 0.1) is 0 Å². The molecule has 1 N–H and O–H groups in total. The highest BCUT2D eigenvalue weighted by Gasteiger charge is 2.00. The first-order valence-electron chi connectivity index (χ1n) is 5.28. The molecule has 15 heavy (non-hydrogen) atoms. The molecular weight excluding hydrogens is 188 g/mol. The van der Waals surface area contributed by atoms with Crippen molar-refractivity contribution in [3.05, 3.63) is 24.3 Å². The molecule has 1 amide bonds. The molecule has 0 aliphatic heterocycles. The maximum absolute atomic E-state index is 11.1. The Morgan fingerprint density at radius 1 is 1.27 bits per heavy atom. The normalized spacial score (nSPS) is 9.80. The average Bonchev–Trinajstić information content (AvgIpc) is 2.29. The van der Waals surface area contributed by atoms with Gasteiger partial charge in [-0.05, 0) is 31.2 Å². The minimum absolute atomic E-state index is 0.0478. The number of anilines is 2. The first kappa shape index (κ1) is 11.6. The highest BCUT2D eigenvalue weighted by Crippen LogP contribution is 2.16. The first-order valence-corrected chi connectivity index (χ1v) is 5.28. The molecule has 0 saturated carbocycles. The van der Waals surface area contributed by atoms with Gasteiger partial charge >= 0.3 is 0 Å². The van der Waals surface area contributed by atoms with Gasteiger partial charge in [-0.15, -0.1) is 0 Å². The molecule has 82 valence electrons. The Morgan fingerprint density at radius 3 is 2.33 bits per heavy atom. The standard InChI is InChI=1S/C12H18N2O/c1-4-12(15)13-10-6-8-11(9-7-10)14(3)5-2/h6-9H,4-5H2,1-3H3,(H,13,15). The van der Waals surface area contributed by atoms with E-state index in [0.29, 0.717) is 6.42 Å².